The van der Waals surface area contributed by atoms with Crippen molar-refractivity contribution in [2.45, 2.75) is 52.4 Å². The van der Waals surface area contributed by atoms with Crippen LogP contribution in [0, 0.1) is 11.3 Å². The largest absolute Gasteiger partial charge is 0.455 e. The summed E-state index contributed by atoms with van der Waals surface area (Å²) in [5, 5.41) is 19.6. The fourth-order valence-corrected chi connectivity index (χ4v) is 18.0. The molecule has 18 aromatic rings. The number of anilines is 6. The molecule has 0 N–H and O–H groups in total. The van der Waals surface area contributed by atoms with Crippen molar-refractivity contribution in [1.29, 1.82) is 5.26 Å². The topological polar surface area (TPSA) is 53.3 Å². The van der Waals surface area contributed by atoms with Crippen LogP contribution in [0.4, 0.5) is 34.1 Å². The molecule has 6 heterocycles. The molecule has 20 rings (SSSR count). The summed E-state index contributed by atoms with van der Waals surface area (Å²) in [4.78, 5) is 5.25. The zero-order chi connectivity index (χ0) is 67.7. The Morgan fingerprint density at radius 1 is 0.356 bits per heavy atom. The molecular formula is C93H66BN5OS. The van der Waals surface area contributed by atoms with Gasteiger partial charge in [-0.05, 0) is 170 Å². The van der Waals surface area contributed by atoms with E-state index in [0.717, 1.165) is 134 Å². The normalized spacial score (nSPS) is 13.0. The van der Waals surface area contributed by atoms with Crippen LogP contribution in [0.5, 0.6) is 0 Å². The van der Waals surface area contributed by atoms with Gasteiger partial charge in [-0.2, -0.15) is 5.26 Å². The molecule has 2 aliphatic rings. The first-order valence-electron chi connectivity index (χ1n) is 35.0. The fraction of sp³-hybridized carbons (Fsp3) is 0.0860. The SMILES string of the molecule is CC(C)(C)c1ccc(N2c3cc(-n4c5ccccc5c5ccccc54)ccc3B3c4ccc(-n5c6ccccc6c6cc(C#N)ccc65)cc4N(c4ccc(C(C)(C)C)cc4-c4ccccc4)c4cc(-c5cccc6c5oc5ccc7sc8ccccc8c7c56)cc2c43)c(-c2ccccc2)c1. The Hall–Kier alpha value is -12.1. The number of thiophene rings is 1. The fourth-order valence-electron chi connectivity index (χ4n) is 16.9. The summed E-state index contributed by atoms with van der Waals surface area (Å²) < 4.78 is 14.8. The maximum Gasteiger partial charge on any atom is 0.252 e. The second-order valence-corrected chi connectivity index (χ2v) is 30.6. The monoisotopic (exact) mass is 1310 g/mol. The van der Waals surface area contributed by atoms with Crippen LogP contribution in [0.25, 0.3) is 130 Å². The Bertz CT molecular complexity index is 6530. The van der Waals surface area contributed by atoms with Gasteiger partial charge in [-0.3, -0.25) is 0 Å². The standard InChI is InChI=1S/C93H66BN5OS/c1-92(2,3)60-37-44-78(70(51-60)57-22-9-7-10-23-57)98-81-53-62(96-75-32-17-13-26-65(75)66-27-14-18-33-76(66)96)39-41-73(81)94-74-42-40-63(97-77-34-19-15-28-67(77)72-48-56(55-95)36-43-80(72)97)54-82(74)99(79-45-38-61(93(4,5)6)52-71(79)58-24-11-8-12-25-58)84-50-59(49-83(98)90(84)94)64-30-21-31-69-88-85(100-91(64)69)46-47-87-89(88)68-29-16-20-35-86(68)101-87/h7-54H,1-6H3. The predicted molar refractivity (Wildman–Crippen MR) is 428 cm³/mol. The average molecular weight is 1310 g/mol. The Morgan fingerprint density at radius 2 is 0.851 bits per heavy atom. The summed E-state index contributed by atoms with van der Waals surface area (Å²) in [6.45, 7) is 13.6. The van der Waals surface area contributed by atoms with Gasteiger partial charge in [0.05, 0.1) is 45.1 Å². The Kier molecular flexibility index (Phi) is 12.8. The first kappa shape index (κ1) is 59.0. The summed E-state index contributed by atoms with van der Waals surface area (Å²) in [7, 11) is 0. The summed E-state index contributed by atoms with van der Waals surface area (Å²) >= 11 is 1.84. The highest BCUT2D eigenvalue weighted by molar-refractivity contribution is 7.26. The van der Waals surface area contributed by atoms with Crippen LogP contribution < -0.4 is 26.2 Å². The number of hydrogen-bond acceptors (Lipinski definition) is 5. The Balaban J connectivity index is 0.955. The van der Waals surface area contributed by atoms with Crippen molar-refractivity contribution >= 4 is 154 Å². The summed E-state index contributed by atoms with van der Waals surface area (Å²) in [6, 6.07) is 111. The molecule has 0 radical (unpaired) electrons. The van der Waals surface area contributed by atoms with E-state index >= 15 is 0 Å². The van der Waals surface area contributed by atoms with Crippen molar-refractivity contribution in [3.63, 3.8) is 0 Å². The molecule has 0 unspecified atom stereocenters. The first-order valence-corrected chi connectivity index (χ1v) is 35.8. The third-order valence-electron chi connectivity index (χ3n) is 21.6. The highest BCUT2D eigenvalue weighted by atomic mass is 32.1. The molecule has 4 aromatic heterocycles. The molecule has 0 atom stereocenters. The molecule has 0 bridgehead atoms. The summed E-state index contributed by atoms with van der Waals surface area (Å²) in [5.74, 6) is 0. The van der Waals surface area contributed by atoms with Crippen molar-refractivity contribution in [3.05, 3.63) is 308 Å². The lowest BCUT2D eigenvalue weighted by Crippen LogP contribution is -2.61. The molecule has 14 aromatic carbocycles. The molecule has 2 aliphatic heterocycles. The molecule has 0 saturated carbocycles. The van der Waals surface area contributed by atoms with E-state index in [-0.39, 0.29) is 17.5 Å². The third kappa shape index (κ3) is 8.89. The molecule has 478 valence electrons. The van der Waals surface area contributed by atoms with E-state index < -0.39 is 0 Å². The van der Waals surface area contributed by atoms with Gasteiger partial charge in [-0.1, -0.05) is 217 Å². The van der Waals surface area contributed by atoms with Crippen LogP contribution in [0.3, 0.4) is 0 Å². The number of benzene rings is 14. The Labute approximate surface area is 590 Å². The van der Waals surface area contributed by atoms with E-state index in [2.05, 4.69) is 346 Å². The number of para-hydroxylation sites is 4. The van der Waals surface area contributed by atoms with E-state index in [1.807, 2.05) is 23.5 Å². The van der Waals surface area contributed by atoms with Gasteiger partial charge in [-0.25, -0.2) is 0 Å². The minimum absolute atomic E-state index is 0.150. The van der Waals surface area contributed by atoms with Gasteiger partial charge in [0.1, 0.15) is 11.2 Å². The lowest BCUT2D eigenvalue weighted by Gasteiger charge is -2.45. The van der Waals surface area contributed by atoms with E-state index in [4.69, 9.17) is 4.42 Å². The van der Waals surface area contributed by atoms with Crippen molar-refractivity contribution in [2.75, 3.05) is 9.80 Å². The molecule has 8 heteroatoms. The van der Waals surface area contributed by atoms with Crippen LogP contribution in [-0.2, 0) is 10.8 Å². The third-order valence-corrected chi connectivity index (χ3v) is 22.8. The quantitative estimate of drug-likeness (QED) is 0.149. The van der Waals surface area contributed by atoms with E-state index in [9.17, 15) is 5.26 Å². The van der Waals surface area contributed by atoms with Gasteiger partial charge in [0.15, 0.2) is 0 Å². The smallest absolute Gasteiger partial charge is 0.252 e. The minimum atomic E-state index is -0.269. The van der Waals surface area contributed by atoms with Crippen LogP contribution >= 0.6 is 11.3 Å². The van der Waals surface area contributed by atoms with Gasteiger partial charge in [0, 0.05) is 103 Å². The second-order valence-electron chi connectivity index (χ2n) is 29.5. The predicted octanol–water partition coefficient (Wildman–Crippen LogP) is 23.7. The van der Waals surface area contributed by atoms with Crippen LogP contribution in [0.15, 0.2) is 296 Å². The highest BCUT2D eigenvalue weighted by Gasteiger charge is 2.45. The Morgan fingerprint density at radius 3 is 1.40 bits per heavy atom. The lowest BCUT2D eigenvalue weighted by molar-refractivity contribution is 0.590. The maximum absolute atomic E-state index is 10.4. The van der Waals surface area contributed by atoms with Gasteiger partial charge >= 0.3 is 0 Å². The summed E-state index contributed by atoms with van der Waals surface area (Å²) in [5.41, 5.74) is 27.7. The first-order chi connectivity index (χ1) is 49.3. The maximum atomic E-state index is 10.4. The summed E-state index contributed by atoms with van der Waals surface area (Å²) in [6.07, 6.45) is 0. The number of rotatable bonds is 7. The van der Waals surface area contributed by atoms with E-state index in [1.165, 1.54) is 58.5 Å². The molecule has 0 saturated heterocycles. The average Bonchev–Trinajstić information content (AvgIpc) is 1.23. The van der Waals surface area contributed by atoms with Crippen molar-refractivity contribution in [3.8, 4) is 50.8 Å². The van der Waals surface area contributed by atoms with Gasteiger partial charge < -0.3 is 23.4 Å². The second kappa shape index (κ2) is 21.9. The number of fused-ring (bicyclic) bond motifs is 17. The molecule has 0 amide bonds. The molecule has 101 heavy (non-hydrogen) atoms. The van der Waals surface area contributed by atoms with Crippen molar-refractivity contribution < 1.29 is 4.42 Å². The zero-order valence-corrected chi connectivity index (χ0v) is 57.7. The number of aromatic nitrogens is 2. The molecular weight excluding hydrogens is 1250 g/mol. The number of nitrogens with zero attached hydrogens (tertiary/aromatic N) is 5. The molecule has 0 spiro atoms. The van der Waals surface area contributed by atoms with Gasteiger partial charge in [-0.15, -0.1) is 11.3 Å². The molecule has 0 fully saturated rings. The zero-order valence-electron chi connectivity index (χ0n) is 56.8. The van der Waals surface area contributed by atoms with Crippen LogP contribution in [-0.4, -0.2) is 15.8 Å². The van der Waals surface area contributed by atoms with E-state index in [1.54, 1.807) is 0 Å². The van der Waals surface area contributed by atoms with E-state index in [0.29, 0.717) is 5.56 Å². The van der Waals surface area contributed by atoms with Crippen LogP contribution in [0.2, 0.25) is 0 Å². The molecule has 6 nitrogen and oxygen atoms in total. The molecule has 0 aliphatic carbocycles. The van der Waals surface area contributed by atoms with Gasteiger partial charge in [0.25, 0.3) is 6.71 Å². The number of furan rings is 1. The van der Waals surface area contributed by atoms with Crippen molar-refractivity contribution in [2.24, 2.45) is 0 Å². The van der Waals surface area contributed by atoms with Crippen molar-refractivity contribution in [1.82, 2.24) is 9.13 Å². The highest BCUT2D eigenvalue weighted by Crippen LogP contribution is 2.53. The lowest BCUT2D eigenvalue weighted by atomic mass is 9.33. The number of nitriles is 1. The van der Waals surface area contributed by atoms with Crippen LogP contribution in [0.1, 0.15) is 58.2 Å². The minimum Gasteiger partial charge on any atom is -0.455 e. The van der Waals surface area contributed by atoms with Gasteiger partial charge in [0.2, 0.25) is 0 Å². The number of hydrogen-bond donors (Lipinski definition) is 0.